The summed E-state index contributed by atoms with van der Waals surface area (Å²) in [4.78, 5) is 0. The molecular weight excluding hydrogens is 208 g/mol. The smallest absolute Gasteiger partial charge is 0.207 e. The number of benzene rings is 1. The van der Waals surface area contributed by atoms with E-state index in [-0.39, 0.29) is 12.0 Å². The third kappa shape index (κ3) is 3.08. The summed E-state index contributed by atoms with van der Waals surface area (Å²) < 4.78 is 49.9. The molecule has 82 valence electrons. The first kappa shape index (κ1) is 11.8. The van der Waals surface area contributed by atoms with Gasteiger partial charge in [-0.1, -0.05) is 6.08 Å². The summed E-state index contributed by atoms with van der Waals surface area (Å²) in [6, 6.07) is 2.44. The Labute approximate surface area is 85.2 Å². The van der Waals surface area contributed by atoms with E-state index < -0.39 is 17.6 Å². The number of rotatable bonds is 3. The highest BCUT2D eigenvalue weighted by atomic mass is 19.4. The van der Waals surface area contributed by atoms with Crippen molar-refractivity contribution < 1.29 is 17.6 Å². The lowest BCUT2D eigenvalue weighted by atomic mass is 10.1. The minimum Gasteiger partial charge on any atom is -0.207 e. The van der Waals surface area contributed by atoms with Crippen LogP contribution in [0.15, 0.2) is 30.9 Å². The van der Waals surface area contributed by atoms with Crippen molar-refractivity contribution in [2.24, 2.45) is 0 Å². The van der Waals surface area contributed by atoms with Crippen molar-refractivity contribution in [3.8, 4) is 0 Å². The molecule has 0 amide bonds. The topological polar surface area (TPSA) is 0 Å². The van der Waals surface area contributed by atoms with E-state index in [2.05, 4.69) is 6.58 Å². The third-order valence-electron chi connectivity index (χ3n) is 1.99. The fourth-order valence-electron chi connectivity index (χ4n) is 1.20. The minimum absolute atomic E-state index is 0.0738. The molecule has 0 spiro atoms. The van der Waals surface area contributed by atoms with Gasteiger partial charge in [0.1, 0.15) is 5.82 Å². The molecule has 0 N–H and O–H groups in total. The van der Waals surface area contributed by atoms with Gasteiger partial charge in [-0.15, -0.1) is 6.58 Å². The van der Waals surface area contributed by atoms with Crippen LogP contribution in [0.1, 0.15) is 17.5 Å². The first-order valence-corrected chi connectivity index (χ1v) is 4.41. The summed E-state index contributed by atoms with van der Waals surface area (Å²) in [5.74, 6) is -0.607. The van der Waals surface area contributed by atoms with Crippen LogP contribution in [-0.2, 0) is 12.6 Å². The molecule has 0 aliphatic carbocycles. The van der Waals surface area contributed by atoms with Gasteiger partial charge in [0.2, 0.25) is 0 Å². The van der Waals surface area contributed by atoms with E-state index in [4.69, 9.17) is 0 Å². The molecule has 0 aromatic heterocycles. The highest BCUT2D eigenvalue weighted by Crippen LogP contribution is 2.30. The molecule has 0 saturated heterocycles. The van der Waals surface area contributed by atoms with Crippen LogP contribution in [0.2, 0.25) is 0 Å². The molecule has 1 rings (SSSR count). The van der Waals surface area contributed by atoms with Crippen molar-refractivity contribution in [1.82, 2.24) is 0 Å². The van der Waals surface area contributed by atoms with E-state index in [9.17, 15) is 17.6 Å². The van der Waals surface area contributed by atoms with Crippen LogP contribution < -0.4 is 0 Å². The second-order valence-corrected chi connectivity index (χ2v) is 3.13. The third-order valence-corrected chi connectivity index (χ3v) is 1.99. The van der Waals surface area contributed by atoms with Crippen molar-refractivity contribution in [3.63, 3.8) is 0 Å². The largest absolute Gasteiger partial charge is 0.416 e. The van der Waals surface area contributed by atoms with Crippen LogP contribution in [-0.4, -0.2) is 0 Å². The molecule has 0 atom stereocenters. The zero-order valence-corrected chi connectivity index (χ0v) is 7.94. The van der Waals surface area contributed by atoms with E-state index in [1.54, 1.807) is 6.08 Å². The van der Waals surface area contributed by atoms with E-state index in [1.165, 1.54) is 0 Å². The fourth-order valence-corrected chi connectivity index (χ4v) is 1.20. The molecule has 0 aliphatic heterocycles. The van der Waals surface area contributed by atoms with Crippen LogP contribution in [0.3, 0.4) is 0 Å². The Hall–Kier alpha value is -1.32. The summed E-state index contributed by atoms with van der Waals surface area (Å²) in [5, 5.41) is 0. The van der Waals surface area contributed by atoms with E-state index in [1.807, 2.05) is 0 Å². The molecule has 0 bridgehead atoms. The molecule has 0 nitrogen and oxygen atoms in total. The summed E-state index contributed by atoms with van der Waals surface area (Å²) >= 11 is 0. The molecule has 1 aromatic carbocycles. The monoisotopic (exact) mass is 218 g/mol. The normalized spacial score (nSPS) is 11.5. The second-order valence-electron chi connectivity index (χ2n) is 3.13. The fraction of sp³-hybridized carbons (Fsp3) is 0.273. The van der Waals surface area contributed by atoms with Crippen LogP contribution in [0.25, 0.3) is 0 Å². The number of alkyl halides is 3. The van der Waals surface area contributed by atoms with Gasteiger partial charge >= 0.3 is 6.18 Å². The summed E-state index contributed by atoms with van der Waals surface area (Å²) in [6.45, 7) is 3.43. The van der Waals surface area contributed by atoms with Gasteiger partial charge in [-0.3, -0.25) is 0 Å². The Morgan fingerprint density at radius 2 is 1.93 bits per heavy atom. The van der Waals surface area contributed by atoms with Crippen LogP contribution in [0, 0.1) is 5.82 Å². The molecular formula is C11H10F4. The van der Waals surface area contributed by atoms with Crippen molar-refractivity contribution in [1.29, 1.82) is 0 Å². The number of aryl methyl sites for hydroxylation is 1. The Kier molecular flexibility index (Phi) is 3.50. The Bertz CT molecular complexity index is 352. The van der Waals surface area contributed by atoms with Crippen molar-refractivity contribution in [2.45, 2.75) is 19.0 Å². The quantitative estimate of drug-likeness (QED) is 0.532. The lowest BCUT2D eigenvalue weighted by Crippen LogP contribution is -2.06. The maximum atomic E-state index is 13.1. The Morgan fingerprint density at radius 3 is 2.47 bits per heavy atom. The average molecular weight is 218 g/mol. The predicted molar refractivity (Wildman–Crippen MR) is 49.9 cm³/mol. The SMILES string of the molecule is C=CCCc1cc(C(F)(F)F)ccc1F. The highest BCUT2D eigenvalue weighted by Gasteiger charge is 2.30. The van der Waals surface area contributed by atoms with Crippen molar-refractivity contribution in [3.05, 3.63) is 47.8 Å². The maximum absolute atomic E-state index is 13.1. The van der Waals surface area contributed by atoms with Gasteiger partial charge in [0.25, 0.3) is 0 Å². The summed E-state index contributed by atoms with van der Waals surface area (Å²) in [6.07, 6.45) is -2.19. The van der Waals surface area contributed by atoms with Gasteiger partial charge < -0.3 is 0 Å². The number of halogens is 4. The zero-order chi connectivity index (χ0) is 11.5. The standard InChI is InChI=1S/C11H10F4/c1-2-3-4-8-7-9(11(13,14)15)5-6-10(8)12/h2,5-7H,1,3-4H2. The van der Waals surface area contributed by atoms with Crippen molar-refractivity contribution in [2.75, 3.05) is 0 Å². The zero-order valence-electron chi connectivity index (χ0n) is 7.94. The molecule has 1 aromatic rings. The maximum Gasteiger partial charge on any atom is 0.416 e. The van der Waals surface area contributed by atoms with Gasteiger partial charge in [0, 0.05) is 0 Å². The summed E-state index contributed by atoms with van der Waals surface area (Å²) in [7, 11) is 0. The number of hydrogen-bond donors (Lipinski definition) is 0. The van der Waals surface area contributed by atoms with Gasteiger partial charge in [-0.2, -0.15) is 13.2 Å². The molecule has 0 heterocycles. The van der Waals surface area contributed by atoms with Gasteiger partial charge in [-0.25, -0.2) is 4.39 Å². The lowest BCUT2D eigenvalue weighted by molar-refractivity contribution is -0.137. The van der Waals surface area contributed by atoms with Crippen LogP contribution in [0.5, 0.6) is 0 Å². The van der Waals surface area contributed by atoms with Gasteiger partial charge in [0.05, 0.1) is 5.56 Å². The number of hydrogen-bond acceptors (Lipinski definition) is 0. The molecule has 4 heteroatoms. The van der Waals surface area contributed by atoms with Crippen LogP contribution in [0.4, 0.5) is 17.6 Å². The second kappa shape index (κ2) is 4.47. The molecule has 0 saturated carbocycles. The summed E-state index contributed by atoms with van der Waals surface area (Å²) in [5.41, 5.74) is -0.743. The average Bonchev–Trinajstić information content (AvgIpc) is 2.15. The first-order chi connectivity index (χ1) is 6.95. The molecule has 0 fully saturated rings. The van der Waals surface area contributed by atoms with Gasteiger partial charge in [0.15, 0.2) is 0 Å². The molecule has 0 radical (unpaired) electrons. The van der Waals surface area contributed by atoms with E-state index in [0.29, 0.717) is 6.42 Å². The van der Waals surface area contributed by atoms with Crippen LogP contribution >= 0.6 is 0 Å². The first-order valence-electron chi connectivity index (χ1n) is 4.41. The number of allylic oxidation sites excluding steroid dienone is 1. The minimum atomic E-state index is -4.42. The highest BCUT2D eigenvalue weighted by molar-refractivity contribution is 5.27. The lowest BCUT2D eigenvalue weighted by Gasteiger charge is -2.09. The Morgan fingerprint density at radius 1 is 1.27 bits per heavy atom. The molecule has 0 aliphatic rings. The molecule has 0 unspecified atom stereocenters. The van der Waals surface area contributed by atoms with Gasteiger partial charge in [-0.05, 0) is 36.6 Å². The van der Waals surface area contributed by atoms with E-state index >= 15 is 0 Å². The van der Waals surface area contributed by atoms with Crippen molar-refractivity contribution >= 4 is 0 Å². The van der Waals surface area contributed by atoms with E-state index in [0.717, 1.165) is 18.2 Å². The molecule has 15 heavy (non-hydrogen) atoms. The Balaban J connectivity index is 3.00. The predicted octanol–water partition coefficient (Wildman–Crippen LogP) is 3.96.